The lowest BCUT2D eigenvalue weighted by molar-refractivity contribution is 0.314. The average Bonchev–Trinajstić information content (AvgIpc) is 1.98. The summed E-state index contributed by atoms with van der Waals surface area (Å²) in [6, 6.07) is 1.70. The third-order valence-corrected chi connectivity index (χ3v) is 62.8. The molecule has 0 N–H and O–H groups in total. The molecule has 1 nitrogen and oxygen atoms in total. The van der Waals surface area contributed by atoms with Gasteiger partial charge in [0.2, 0.25) is 0 Å². The summed E-state index contributed by atoms with van der Waals surface area (Å²) in [5, 5.41) is 0. The van der Waals surface area contributed by atoms with Gasteiger partial charge in [-0.25, -0.2) is 0 Å². The van der Waals surface area contributed by atoms with E-state index in [-0.39, 0.29) is 7.99 Å². The van der Waals surface area contributed by atoms with Crippen LogP contribution in [0.4, 0.5) is 0 Å². The Labute approximate surface area is 89.0 Å². The summed E-state index contributed by atoms with van der Waals surface area (Å²) in [7, 11) is 3.98. The van der Waals surface area contributed by atoms with Gasteiger partial charge < -0.3 is 4.57 Å². The molecule has 0 radical (unpaired) electrons. The Morgan fingerprint density at radius 3 is 1.42 bits per heavy atom. The van der Waals surface area contributed by atoms with E-state index in [1.165, 1.54) is 0 Å². The molecule has 74 valence electrons. The molecule has 0 aromatic heterocycles. The van der Waals surface area contributed by atoms with Crippen LogP contribution in [0.2, 0.25) is 0 Å². The van der Waals surface area contributed by atoms with E-state index in [1.54, 1.807) is 19.5 Å². The Bertz CT molecular complexity index is 107. The van der Waals surface area contributed by atoms with E-state index >= 15 is 0 Å². The lowest BCUT2D eigenvalue weighted by Crippen LogP contribution is -2.55. The Kier molecular flexibility index (Phi) is 7.06. The monoisotopic (exact) mass is 251 g/mol. The molecule has 0 atom stereocenters. The van der Waals surface area contributed by atoms with Gasteiger partial charge in [0, 0.05) is 17.1 Å². The summed E-state index contributed by atoms with van der Waals surface area (Å²) in [6.45, 7) is 9.60. The van der Waals surface area contributed by atoms with Crippen LogP contribution in [0.3, 0.4) is 0 Å². The minimum Gasteiger partial charge on any atom is -0.328 e. The highest BCUT2D eigenvalue weighted by Crippen LogP contribution is 2.05. The van der Waals surface area contributed by atoms with Crippen molar-refractivity contribution in [2.45, 2.75) is 39.8 Å². The lowest BCUT2D eigenvalue weighted by Gasteiger charge is -2.37. The van der Waals surface area contributed by atoms with Crippen molar-refractivity contribution >= 4 is 44.6 Å². The molecular formula is C6H25NSi5. The molecule has 0 aliphatic heterocycles. The molecule has 0 aromatic carbocycles. The predicted molar refractivity (Wildman–Crippen MR) is 76.2 cm³/mol. The second-order valence-corrected chi connectivity index (χ2v) is 36.4. The highest BCUT2D eigenvalue weighted by molar-refractivity contribution is 7.56. The molecular weight excluding hydrogens is 227 g/mol. The molecule has 12 heavy (non-hydrogen) atoms. The highest BCUT2D eigenvalue weighted by Gasteiger charge is 2.21. The lowest BCUT2D eigenvalue weighted by atomic mass is 10.3. The number of hydrogen-bond donors (Lipinski definition) is 0. The van der Waals surface area contributed by atoms with Crippen molar-refractivity contribution < 1.29 is 0 Å². The fraction of sp³-hybridized carbons (Fsp3) is 1.00. The van der Waals surface area contributed by atoms with E-state index < -0.39 is 0 Å². The van der Waals surface area contributed by atoms with Gasteiger partial charge in [-0.1, -0.05) is 27.7 Å². The standard InChI is InChI=1S/C6H25NSi5/c1-5(2)7(6(3)4)12(10-8)11-9/h5-6,12H,10-11H2,1-4,8-9H3. The summed E-state index contributed by atoms with van der Waals surface area (Å²) < 4.78 is 2.94. The van der Waals surface area contributed by atoms with Gasteiger partial charge in [-0.15, -0.1) is 0 Å². The minimum atomic E-state index is -0.188. The largest absolute Gasteiger partial charge is 0.328 e. The van der Waals surface area contributed by atoms with E-state index in [0.717, 1.165) is 12.1 Å². The third-order valence-electron chi connectivity index (χ3n) is 2.56. The molecule has 0 unspecified atom stereocenters. The molecule has 0 amide bonds. The van der Waals surface area contributed by atoms with Gasteiger partial charge >= 0.3 is 0 Å². The smallest absolute Gasteiger partial charge is 0.0743 e. The van der Waals surface area contributed by atoms with E-state index in [2.05, 4.69) is 32.3 Å². The van der Waals surface area contributed by atoms with Gasteiger partial charge in [0.1, 0.15) is 0 Å². The second-order valence-electron chi connectivity index (χ2n) is 4.11. The van der Waals surface area contributed by atoms with Gasteiger partial charge in [-0.3, -0.25) is 0 Å². The Morgan fingerprint density at radius 1 is 1.00 bits per heavy atom. The first-order valence-corrected chi connectivity index (χ1v) is 23.7. The third kappa shape index (κ3) is 3.84. The van der Waals surface area contributed by atoms with Crippen molar-refractivity contribution in [2.75, 3.05) is 0 Å². The first-order valence-electron chi connectivity index (χ1n) is 5.31. The van der Waals surface area contributed by atoms with E-state index in [9.17, 15) is 0 Å². The average molecular weight is 252 g/mol. The molecule has 0 aromatic rings. The Balaban J connectivity index is 4.26. The van der Waals surface area contributed by atoms with Gasteiger partial charge in [0.15, 0.2) is 0 Å². The van der Waals surface area contributed by atoms with Crippen LogP contribution in [0, 0.1) is 0 Å². The molecule has 0 spiro atoms. The molecule has 0 saturated carbocycles. The normalized spacial score (nSPS) is 17.2. The number of nitrogens with zero attached hydrogens (tertiary/aromatic N) is 1. The minimum absolute atomic E-state index is 0.188. The van der Waals surface area contributed by atoms with Gasteiger partial charge in [0.25, 0.3) is 0 Å². The molecule has 0 aliphatic rings. The Hall–Kier alpha value is 1.04. The van der Waals surface area contributed by atoms with Crippen LogP contribution in [-0.2, 0) is 0 Å². The van der Waals surface area contributed by atoms with Crippen LogP contribution in [-0.4, -0.2) is 61.3 Å². The molecule has 0 heterocycles. The number of rotatable bonds is 5. The van der Waals surface area contributed by atoms with Gasteiger partial charge in [0.05, 0.1) is 7.99 Å². The van der Waals surface area contributed by atoms with Gasteiger partial charge in [-0.2, -0.15) is 0 Å². The van der Waals surface area contributed by atoms with Gasteiger partial charge in [-0.05, 0) is 31.6 Å². The Morgan fingerprint density at radius 2 is 1.33 bits per heavy atom. The predicted octanol–water partition coefficient (Wildman–Crippen LogP) is -3.28. The van der Waals surface area contributed by atoms with Crippen LogP contribution in [0.15, 0.2) is 0 Å². The summed E-state index contributed by atoms with van der Waals surface area (Å²) in [6.07, 6.45) is 0. The fourth-order valence-corrected chi connectivity index (χ4v) is 89.7. The maximum absolute atomic E-state index is 2.94. The summed E-state index contributed by atoms with van der Waals surface area (Å²) in [5.74, 6) is 0. The molecule has 0 fully saturated rings. The number of hydrogen-bond acceptors (Lipinski definition) is 1. The van der Waals surface area contributed by atoms with Crippen LogP contribution < -0.4 is 0 Å². The summed E-state index contributed by atoms with van der Waals surface area (Å²) in [4.78, 5) is 0. The van der Waals surface area contributed by atoms with Crippen LogP contribution >= 0.6 is 0 Å². The SMILES string of the molecule is CC(C)N(C(C)C)[SiH]([SiH2][SiH3])[SiH2][SiH3]. The molecule has 0 aliphatic carbocycles. The van der Waals surface area contributed by atoms with Crippen molar-refractivity contribution in [3.63, 3.8) is 0 Å². The topological polar surface area (TPSA) is 3.24 Å². The second kappa shape index (κ2) is 6.49. The zero-order chi connectivity index (χ0) is 9.72. The van der Waals surface area contributed by atoms with Crippen molar-refractivity contribution in [3.05, 3.63) is 0 Å². The van der Waals surface area contributed by atoms with Crippen LogP contribution in [0.5, 0.6) is 0 Å². The summed E-state index contributed by atoms with van der Waals surface area (Å²) >= 11 is 0. The fourth-order valence-electron chi connectivity index (χ4n) is 2.15. The zero-order valence-electron chi connectivity index (χ0n) is 9.59. The molecule has 0 bridgehead atoms. The first kappa shape index (κ1) is 13.0. The van der Waals surface area contributed by atoms with E-state index in [4.69, 9.17) is 0 Å². The quantitative estimate of drug-likeness (QED) is 0.464. The van der Waals surface area contributed by atoms with Crippen molar-refractivity contribution in [1.82, 2.24) is 4.57 Å². The molecule has 6 heteroatoms. The molecule has 0 saturated heterocycles. The van der Waals surface area contributed by atoms with E-state index in [0.29, 0.717) is 17.1 Å². The maximum Gasteiger partial charge on any atom is 0.0743 e. The maximum atomic E-state index is 2.94. The van der Waals surface area contributed by atoms with Crippen molar-refractivity contribution in [2.24, 2.45) is 0 Å². The van der Waals surface area contributed by atoms with Crippen molar-refractivity contribution in [3.8, 4) is 0 Å². The zero-order valence-corrected chi connectivity index (χ0v) is 17.6. The summed E-state index contributed by atoms with van der Waals surface area (Å²) in [5.41, 5.74) is 0. The van der Waals surface area contributed by atoms with E-state index in [1.807, 2.05) is 0 Å². The van der Waals surface area contributed by atoms with Crippen LogP contribution in [0.1, 0.15) is 27.7 Å². The molecule has 0 rings (SSSR count). The van der Waals surface area contributed by atoms with Crippen molar-refractivity contribution in [1.29, 1.82) is 0 Å². The first-order chi connectivity index (χ1) is 5.54. The highest BCUT2D eigenvalue weighted by atomic mass is 29.8. The van der Waals surface area contributed by atoms with Crippen LogP contribution in [0.25, 0.3) is 0 Å².